The lowest BCUT2D eigenvalue weighted by Gasteiger charge is -2.35. The molecule has 2 aromatic rings. The first-order chi connectivity index (χ1) is 11.7. The van der Waals surface area contributed by atoms with Crippen LogP contribution in [-0.4, -0.2) is 52.3 Å². The van der Waals surface area contributed by atoms with Crippen LogP contribution in [-0.2, 0) is 17.8 Å². The molecule has 24 heavy (non-hydrogen) atoms. The highest BCUT2D eigenvalue weighted by Gasteiger charge is 2.32. The Balaban J connectivity index is 1.31. The summed E-state index contributed by atoms with van der Waals surface area (Å²) in [5.74, 6) is 1.13. The van der Waals surface area contributed by atoms with Crippen LogP contribution in [0.3, 0.4) is 0 Å². The maximum atomic E-state index is 12.8. The third kappa shape index (κ3) is 3.21. The Hall–Kier alpha value is -1.79. The molecule has 0 aliphatic carbocycles. The summed E-state index contributed by atoms with van der Waals surface area (Å²) in [5, 5.41) is 4.10. The number of piperazine rings is 1. The van der Waals surface area contributed by atoms with Crippen molar-refractivity contribution in [3.05, 3.63) is 47.3 Å². The second kappa shape index (κ2) is 6.61. The van der Waals surface area contributed by atoms with Crippen molar-refractivity contribution in [3.63, 3.8) is 0 Å². The summed E-state index contributed by atoms with van der Waals surface area (Å²) in [5.41, 5.74) is 2.27. The molecule has 1 aromatic carbocycles. The largest absolute Gasteiger partial charge is 0.361 e. The monoisotopic (exact) mass is 343 g/mol. The summed E-state index contributed by atoms with van der Waals surface area (Å²) in [6.07, 6.45) is 0.859. The fraction of sp³-hybridized carbons (Fsp3) is 0.444. The molecule has 0 spiro atoms. The second-order valence-corrected chi connectivity index (χ2v) is 7.69. The summed E-state index contributed by atoms with van der Waals surface area (Å²) < 4.78 is 5.12. The Kier molecular flexibility index (Phi) is 4.33. The van der Waals surface area contributed by atoms with Gasteiger partial charge in [-0.1, -0.05) is 23.4 Å². The standard InChI is InChI=1S/C18H21N3O2S/c1-13-10-15(19-23-13)12-20-6-8-21(9-7-20)18(22)17-11-14-4-2-3-5-16(14)24-17/h2-5,10,17H,6-9,11-12H2,1H3/t17-/m0/s1. The van der Waals surface area contributed by atoms with E-state index in [2.05, 4.69) is 28.3 Å². The van der Waals surface area contributed by atoms with Crippen LogP contribution < -0.4 is 0 Å². The number of thioether (sulfide) groups is 1. The van der Waals surface area contributed by atoms with E-state index in [1.165, 1.54) is 10.5 Å². The number of amides is 1. The predicted molar refractivity (Wildman–Crippen MR) is 92.9 cm³/mol. The predicted octanol–water partition coefficient (Wildman–Crippen LogP) is 2.34. The van der Waals surface area contributed by atoms with E-state index < -0.39 is 0 Å². The molecule has 1 amide bonds. The molecule has 0 radical (unpaired) electrons. The number of aryl methyl sites for hydroxylation is 1. The first-order valence-electron chi connectivity index (χ1n) is 8.37. The van der Waals surface area contributed by atoms with Crippen molar-refractivity contribution in [2.24, 2.45) is 0 Å². The molecule has 0 saturated carbocycles. The summed E-state index contributed by atoms with van der Waals surface area (Å²) in [7, 11) is 0. The lowest BCUT2D eigenvalue weighted by atomic mass is 10.1. The molecule has 6 heteroatoms. The topological polar surface area (TPSA) is 49.6 Å². The average molecular weight is 343 g/mol. The van der Waals surface area contributed by atoms with E-state index in [0.29, 0.717) is 0 Å². The van der Waals surface area contributed by atoms with E-state index in [4.69, 9.17) is 4.52 Å². The minimum absolute atomic E-state index is 0.0483. The lowest BCUT2D eigenvalue weighted by Crippen LogP contribution is -2.50. The average Bonchev–Trinajstić information content (AvgIpc) is 3.21. The van der Waals surface area contributed by atoms with E-state index >= 15 is 0 Å². The molecule has 5 nitrogen and oxygen atoms in total. The van der Waals surface area contributed by atoms with Crippen LogP contribution in [0.4, 0.5) is 0 Å². The van der Waals surface area contributed by atoms with Gasteiger partial charge in [0.1, 0.15) is 5.76 Å². The van der Waals surface area contributed by atoms with Gasteiger partial charge in [0.15, 0.2) is 0 Å². The van der Waals surface area contributed by atoms with Gasteiger partial charge in [0.25, 0.3) is 0 Å². The number of benzene rings is 1. The Morgan fingerprint density at radius 2 is 2.08 bits per heavy atom. The van der Waals surface area contributed by atoms with Crippen molar-refractivity contribution >= 4 is 17.7 Å². The molecule has 126 valence electrons. The number of fused-ring (bicyclic) bond motifs is 1. The molecule has 0 bridgehead atoms. The van der Waals surface area contributed by atoms with Gasteiger partial charge in [0, 0.05) is 43.7 Å². The van der Waals surface area contributed by atoms with Crippen LogP contribution in [0.5, 0.6) is 0 Å². The summed E-state index contributed by atoms with van der Waals surface area (Å²) >= 11 is 1.72. The number of hydrogen-bond acceptors (Lipinski definition) is 5. The fourth-order valence-corrected chi connectivity index (χ4v) is 4.65. The maximum Gasteiger partial charge on any atom is 0.236 e. The summed E-state index contributed by atoms with van der Waals surface area (Å²) in [6, 6.07) is 10.3. The number of nitrogens with zero attached hydrogens (tertiary/aromatic N) is 3. The second-order valence-electron chi connectivity index (χ2n) is 6.45. The van der Waals surface area contributed by atoms with Crippen molar-refractivity contribution < 1.29 is 9.32 Å². The van der Waals surface area contributed by atoms with Gasteiger partial charge in [-0.25, -0.2) is 0 Å². The van der Waals surface area contributed by atoms with E-state index in [0.717, 1.165) is 50.6 Å². The highest BCUT2D eigenvalue weighted by atomic mass is 32.2. The first-order valence-corrected chi connectivity index (χ1v) is 9.25. The minimum atomic E-state index is 0.0483. The van der Waals surface area contributed by atoms with E-state index in [1.54, 1.807) is 11.8 Å². The number of hydrogen-bond donors (Lipinski definition) is 0. The molecule has 2 aliphatic rings. The first kappa shape index (κ1) is 15.7. The van der Waals surface area contributed by atoms with Gasteiger partial charge in [0.2, 0.25) is 5.91 Å². The Morgan fingerprint density at radius 3 is 2.79 bits per heavy atom. The van der Waals surface area contributed by atoms with Crippen LogP contribution in [0.1, 0.15) is 17.0 Å². The highest BCUT2D eigenvalue weighted by molar-refractivity contribution is 8.01. The number of carbonyl (C=O) groups excluding carboxylic acids is 1. The van der Waals surface area contributed by atoms with Gasteiger partial charge in [-0.05, 0) is 25.0 Å². The number of carbonyl (C=O) groups is 1. The third-order valence-electron chi connectivity index (χ3n) is 4.67. The maximum absolute atomic E-state index is 12.8. The molecule has 1 aromatic heterocycles. The number of rotatable bonds is 3. The van der Waals surface area contributed by atoms with Crippen LogP contribution >= 0.6 is 11.8 Å². The van der Waals surface area contributed by atoms with Crippen LogP contribution in [0, 0.1) is 6.92 Å². The van der Waals surface area contributed by atoms with Gasteiger partial charge in [-0.2, -0.15) is 0 Å². The van der Waals surface area contributed by atoms with Crippen molar-refractivity contribution in [3.8, 4) is 0 Å². The smallest absolute Gasteiger partial charge is 0.236 e. The molecule has 1 atom stereocenters. The minimum Gasteiger partial charge on any atom is -0.361 e. The molecular formula is C18H21N3O2S. The van der Waals surface area contributed by atoms with Crippen molar-refractivity contribution in [1.29, 1.82) is 0 Å². The van der Waals surface area contributed by atoms with E-state index in [9.17, 15) is 4.79 Å². The van der Waals surface area contributed by atoms with Crippen molar-refractivity contribution in [2.75, 3.05) is 26.2 Å². The summed E-state index contributed by atoms with van der Waals surface area (Å²) in [4.78, 5) is 18.4. The molecular weight excluding hydrogens is 322 g/mol. The molecule has 1 saturated heterocycles. The van der Waals surface area contributed by atoms with Gasteiger partial charge in [-0.15, -0.1) is 11.8 Å². The van der Waals surface area contributed by atoms with E-state index in [-0.39, 0.29) is 11.2 Å². The van der Waals surface area contributed by atoms with Gasteiger partial charge in [-0.3, -0.25) is 9.69 Å². The van der Waals surface area contributed by atoms with E-state index in [1.807, 2.05) is 24.0 Å². The van der Waals surface area contributed by atoms with Crippen LogP contribution in [0.25, 0.3) is 0 Å². The normalized spacial score (nSPS) is 21.0. The SMILES string of the molecule is Cc1cc(CN2CCN(C(=O)[C@@H]3Cc4ccccc4S3)CC2)no1. The summed E-state index contributed by atoms with van der Waals surface area (Å²) in [6.45, 7) is 6.07. The zero-order valence-electron chi connectivity index (χ0n) is 13.8. The van der Waals surface area contributed by atoms with Crippen LogP contribution in [0.15, 0.2) is 39.8 Å². The van der Waals surface area contributed by atoms with Gasteiger partial charge < -0.3 is 9.42 Å². The fourth-order valence-electron chi connectivity index (χ4n) is 3.37. The third-order valence-corrected chi connectivity index (χ3v) is 5.97. The number of aromatic nitrogens is 1. The Morgan fingerprint density at radius 1 is 1.29 bits per heavy atom. The molecule has 4 rings (SSSR count). The van der Waals surface area contributed by atoms with Crippen LogP contribution in [0.2, 0.25) is 0 Å². The van der Waals surface area contributed by atoms with Gasteiger partial charge >= 0.3 is 0 Å². The highest BCUT2D eigenvalue weighted by Crippen LogP contribution is 2.37. The molecule has 3 heterocycles. The zero-order valence-corrected chi connectivity index (χ0v) is 14.6. The molecule has 1 fully saturated rings. The van der Waals surface area contributed by atoms with Gasteiger partial charge in [0.05, 0.1) is 10.9 Å². The molecule has 0 N–H and O–H groups in total. The zero-order chi connectivity index (χ0) is 16.5. The molecule has 0 unspecified atom stereocenters. The lowest BCUT2D eigenvalue weighted by molar-refractivity contribution is -0.132. The quantitative estimate of drug-likeness (QED) is 0.856. The van der Waals surface area contributed by atoms with Crippen molar-refractivity contribution in [2.45, 2.75) is 30.0 Å². The molecule has 2 aliphatic heterocycles. The Labute approximate surface area is 146 Å². The Bertz CT molecular complexity index is 712. The van der Waals surface area contributed by atoms with Crippen molar-refractivity contribution in [1.82, 2.24) is 15.0 Å².